The molecule has 1 aromatic rings. The van der Waals surface area contributed by atoms with Crippen molar-refractivity contribution in [1.29, 1.82) is 0 Å². The van der Waals surface area contributed by atoms with Crippen LogP contribution < -0.4 is 9.64 Å². The van der Waals surface area contributed by atoms with Gasteiger partial charge < -0.3 is 19.8 Å². The smallest absolute Gasteiger partial charge is 0.142 e. The summed E-state index contributed by atoms with van der Waals surface area (Å²) in [7, 11) is 1.68. The molecule has 5 heteroatoms. The summed E-state index contributed by atoms with van der Waals surface area (Å²) in [5.41, 5.74) is 3.65. The second-order valence-corrected chi connectivity index (χ2v) is 8.95. The van der Waals surface area contributed by atoms with Crippen LogP contribution in [0.15, 0.2) is 12.1 Å². The van der Waals surface area contributed by atoms with E-state index in [9.17, 15) is 15.0 Å². The summed E-state index contributed by atoms with van der Waals surface area (Å²) in [6.07, 6.45) is 5.95. The zero-order valence-corrected chi connectivity index (χ0v) is 17.1. The lowest BCUT2D eigenvalue weighted by Crippen LogP contribution is -2.43. The van der Waals surface area contributed by atoms with Crippen LogP contribution in [0.1, 0.15) is 56.1 Å². The van der Waals surface area contributed by atoms with Crippen molar-refractivity contribution in [2.45, 2.75) is 51.4 Å². The fourth-order valence-electron chi connectivity index (χ4n) is 6.49. The van der Waals surface area contributed by atoms with E-state index in [0.29, 0.717) is 36.6 Å². The standard InChI is InChI=1S/C23H33NO4/c1-23-10-9-16-15-5-7-20(28-2)22(24(11-13-25)12-14-26)18(15)4-3-17(16)19(23)6-8-21(23)27/h5,7,16-17,19,25-26H,3-4,6,8-14H2,1-2H3/t16-,17-,19+,23+/m1/s1. The third kappa shape index (κ3) is 2.94. The largest absolute Gasteiger partial charge is 0.495 e. The lowest BCUT2D eigenvalue weighted by Gasteiger charge is -2.49. The molecule has 2 saturated carbocycles. The Hall–Kier alpha value is -1.59. The highest BCUT2D eigenvalue weighted by molar-refractivity contribution is 5.87. The molecule has 154 valence electrons. The number of carbonyl (C=O) groups excluding carboxylic acids is 1. The Balaban J connectivity index is 1.74. The quantitative estimate of drug-likeness (QED) is 0.785. The number of fused-ring (bicyclic) bond motifs is 5. The van der Waals surface area contributed by atoms with Crippen LogP contribution in [-0.4, -0.2) is 49.4 Å². The van der Waals surface area contributed by atoms with Crippen LogP contribution in [0.3, 0.4) is 0 Å². The molecule has 0 unspecified atom stereocenters. The number of carbonyl (C=O) groups is 1. The van der Waals surface area contributed by atoms with Crippen molar-refractivity contribution < 1.29 is 19.7 Å². The maximum atomic E-state index is 12.6. The Morgan fingerprint density at radius 2 is 1.89 bits per heavy atom. The molecule has 28 heavy (non-hydrogen) atoms. The van der Waals surface area contributed by atoms with Crippen molar-refractivity contribution in [3.8, 4) is 5.75 Å². The fraction of sp³-hybridized carbons (Fsp3) is 0.696. The van der Waals surface area contributed by atoms with E-state index in [2.05, 4.69) is 17.9 Å². The second-order valence-electron chi connectivity index (χ2n) is 8.95. The first-order valence-corrected chi connectivity index (χ1v) is 10.7. The number of benzene rings is 1. The van der Waals surface area contributed by atoms with Crippen LogP contribution in [0.4, 0.5) is 5.69 Å². The normalized spacial score (nSPS) is 31.1. The molecule has 1 aromatic carbocycles. The van der Waals surface area contributed by atoms with Crippen LogP contribution >= 0.6 is 0 Å². The first kappa shape index (κ1) is 19.7. The number of ether oxygens (including phenoxy) is 1. The summed E-state index contributed by atoms with van der Waals surface area (Å²) in [5, 5.41) is 19.1. The SMILES string of the molecule is COc1ccc2c(c1N(CCO)CCO)CC[C@@H]1[C@@H]2CC[C@]2(C)C(=O)CC[C@@H]12. The van der Waals surface area contributed by atoms with Gasteiger partial charge in [0, 0.05) is 24.9 Å². The predicted octanol–water partition coefficient (Wildman–Crippen LogP) is 2.91. The van der Waals surface area contributed by atoms with Crippen molar-refractivity contribution in [3.63, 3.8) is 0 Å². The van der Waals surface area contributed by atoms with Crippen LogP contribution in [0.2, 0.25) is 0 Å². The molecule has 0 spiro atoms. The monoisotopic (exact) mass is 387 g/mol. The minimum atomic E-state index is -0.103. The van der Waals surface area contributed by atoms with Gasteiger partial charge in [-0.1, -0.05) is 13.0 Å². The molecular formula is C23H33NO4. The molecule has 4 atom stereocenters. The van der Waals surface area contributed by atoms with Gasteiger partial charge in [-0.2, -0.15) is 0 Å². The van der Waals surface area contributed by atoms with Gasteiger partial charge in [-0.15, -0.1) is 0 Å². The van der Waals surface area contributed by atoms with Crippen molar-refractivity contribution in [2.24, 2.45) is 17.3 Å². The molecule has 2 N–H and O–H groups in total. The van der Waals surface area contributed by atoms with E-state index in [1.807, 2.05) is 6.07 Å². The van der Waals surface area contributed by atoms with Gasteiger partial charge in [-0.25, -0.2) is 0 Å². The van der Waals surface area contributed by atoms with E-state index in [1.165, 1.54) is 11.1 Å². The first-order chi connectivity index (χ1) is 13.5. The molecule has 0 radical (unpaired) electrons. The van der Waals surface area contributed by atoms with Crippen LogP contribution in [-0.2, 0) is 11.2 Å². The third-order valence-electron chi connectivity index (χ3n) is 7.83. The van der Waals surface area contributed by atoms with Crippen molar-refractivity contribution >= 4 is 11.5 Å². The fourth-order valence-corrected chi connectivity index (χ4v) is 6.49. The topological polar surface area (TPSA) is 70.0 Å². The first-order valence-electron chi connectivity index (χ1n) is 10.7. The van der Waals surface area contributed by atoms with E-state index >= 15 is 0 Å². The maximum Gasteiger partial charge on any atom is 0.142 e. The number of rotatable bonds is 6. The maximum absolute atomic E-state index is 12.6. The van der Waals surface area contributed by atoms with Crippen LogP contribution in [0.5, 0.6) is 5.75 Å². The number of aliphatic hydroxyl groups excluding tert-OH is 2. The highest BCUT2D eigenvalue weighted by Crippen LogP contribution is 2.60. The van der Waals surface area contributed by atoms with Gasteiger partial charge in [0.25, 0.3) is 0 Å². The van der Waals surface area contributed by atoms with E-state index in [4.69, 9.17) is 4.74 Å². The van der Waals surface area contributed by atoms with E-state index in [-0.39, 0.29) is 18.6 Å². The minimum absolute atomic E-state index is 0.0431. The van der Waals surface area contributed by atoms with Crippen molar-refractivity contribution in [2.75, 3.05) is 38.3 Å². The van der Waals surface area contributed by atoms with Gasteiger partial charge in [-0.05, 0) is 67.1 Å². The molecule has 0 aliphatic heterocycles. The lowest BCUT2D eigenvalue weighted by atomic mass is 9.55. The van der Waals surface area contributed by atoms with E-state index in [0.717, 1.165) is 50.0 Å². The summed E-state index contributed by atoms with van der Waals surface area (Å²) in [5.74, 6) is 2.90. The molecule has 0 amide bonds. The van der Waals surface area contributed by atoms with Crippen molar-refractivity contribution in [1.82, 2.24) is 0 Å². The van der Waals surface area contributed by atoms with E-state index < -0.39 is 0 Å². The molecule has 5 nitrogen and oxygen atoms in total. The Morgan fingerprint density at radius 1 is 1.14 bits per heavy atom. The minimum Gasteiger partial charge on any atom is -0.495 e. The zero-order valence-electron chi connectivity index (χ0n) is 17.1. The van der Waals surface area contributed by atoms with Crippen LogP contribution in [0, 0.1) is 17.3 Å². The molecule has 2 fully saturated rings. The number of Topliss-reactive ketones (excluding diaryl/α,β-unsaturated/α-hetero) is 1. The zero-order chi connectivity index (χ0) is 19.9. The average molecular weight is 388 g/mol. The Kier molecular flexibility index (Phi) is 5.41. The number of anilines is 1. The molecule has 0 bridgehead atoms. The number of nitrogens with zero attached hydrogens (tertiary/aromatic N) is 1. The summed E-state index contributed by atoms with van der Waals surface area (Å²) in [6, 6.07) is 4.27. The highest BCUT2D eigenvalue weighted by atomic mass is 16.5. The number of methoxy groups -OCH3 is 1. The lowest BCUT2D eigenvalue weighted by molar-refractivity contribution is -0.129. The number of hydrogen-bond donors (Lipinski definition) is 2. The second kappa shape index (κ2) is 7.68. The molecule has 0 saturated heterocycles. The summed E-state index contributed by atoms with van der Waals surface area (Å²) < 4.78 is 5.67. The highest BCUT2D eigenvalue weighted by Gasteiger charge is 2.54. The van der Waals surface area contributed by atoms with Gasteiger partial charge in [-0.3, -0.25) is 4.79 Å². The van der Waals surface area contributed by atoms with Crippen LogP contribution in [0.25, 0.3) is 0 Å². The van der Waals surface area contributed by atoms with Gasteiger partial charge in [0.15, 0.2) is 0 Å². The number of aliphatic hydroxyl groups is 2. The average Bonchev–Trinajstić information content (AvgIpc) is 3.01. The molecule has 4 rings (SSSR count). The Morgan fingerprint density at radius 3 is 2.57 bits per heavy atom. The predicted molar refractivity (Wildman–Crippen MR) is 109 cm³/mol. The van der Waals surface area contributed by atoms with Gasteiger partial charge in [0.05, 0.1) is 26.0 Å². The summed E-state index contributed by atoms with van der Waals surface area (Å²) >= 11 is 0. The molecule has 0 aromatic heterocycles. The Bertz CT molecular complexity index is 742. The number of hydrogen-bond acceptors (Lipinski definition) is 5. The molecule has 3 aliphatic carbocycles. The summed E-state index contributed by atoms with van der Waals surface area (Å²) in [4.78, 5) is 14.6. The van der Waals surface area contributed by atoms with Gasteiger partial charge >= 0.3 is 0 Å². The molecule has 0 heterocycles. The third-order valence-corrected chi connectivity index (χ3v) is 7.83. The molecule has 3 aliphatic rings. The van der Waals surface area contributed by atoms with Crippen molar-refractivity contribution in [3.05, 3.63) is 23.3 Å². The van der Waals surface area contributed by atoms with E-state index in [1.54, 1.807) is 7.11 Å². The Labute approximate surface area is 167 Å². The number of ketones is 1. The van der Waals surface area contributed by atoms with Gasteiger partial charge in [0.1, 0.15) is 11.5 Å². The molecular weight excluding hydrogens is 354 g/mol. The summed E-state index contributed by atoms with van der Waals surface area (Å²) in [6.45, 7) is 3.26. The van der Waals surface area contributed by atoms with Gasteiger partial charge in [0.2, 0.25) is 0 Å².